The monoisotopic (exact) mass is 398 g/mol. The molecular formula is C21H26N4O4. The summed E-state index contributed by atoms with van der Waals surface area (Å²) in [4.78, 5) is 42.5. The molecule has 1 amide bonds. The molecule has 8 heteroatoms. The van der Waals surface area contributed by atoms with Crippen LogP contribution in [0.1, 0.15) is 44.1 Å². The van der Waals surface area contributed by atoms with Crippen LogP contribution in [0.25, 0.3) is 0 Å². The Labute approximate surface area is 168 Å². The molecule has 1 saturated heterocycles. The molecule has 1 saturated carbocycles. The van der Waals surface area contributed by atoms with Crippen molar-refractivity contribution in [3.05, 3.63) is 56.7 Å². The number of carbonyl (C=O) groups excluding carboxylic acids is 1. The van der Waals surface area contributed by atoms with Crippen molar-refractivity contribution >= 4 is 17.4 Å². The van der Waals surface area contributed by atoms with Gasteiger partial charge in [-0.2, -0.15) is 0 Å². The number of hydrogen-bond donors (Lipinski definition) is 2. The van der Waals surface area contributed by atoms with Crippen molar-refractivity contribution in [1.29, 1.82) is 0 Å². The van der Waals surface area contributed by atoms with E-state index in [1.165, 1.54) is 9.47 Å². The van der Waals surface area contributed by atoms with Gasteiger partial charge in [0.25, 0.3) is 11.5 Å². The fourth-order valence-electron chi connectivity index (χ4n) is 4.30. The molecule has 1 aliphatic heterocycles. The minimum absolute atomic E-state index is 0.0147. The predicted molar refractivity (Wildman–Crippen MR) is 110 cm³/mol. The number of amides is 1. The fourth-order valence-corrected chi connectivity index (χ4v) is 4.30. The Morgan fingerprint density at radius 3 is 2.52 bits per heavy atom. The first-order valence-electron chi connectivity index (χ1n) is 10.2. The third-order valence-electron chi connectivity index (χ3n) is 5.77. The lowest BCUT2D eigenvalue weighted by Crippen LogP contribution is -2.49. The van der Waals surface area contributed by atoms with E-state index in [2.05, 4.69) is 4.98 Å². The molecule has 3 N–H and O–H groups in total. The van der Waals surface area contributed by atoms with Crippen LogP contribution in [0, 0.1) is 0 Å². The molecule has 1 aliphatic carbocycles. The zero-order valence-corrected chi connectivity index (χ0v) is 16.3. The Morgan fingerprint density at radius 2 is 1.86 bits per heavy atom. The maximum Gasteiger partial charge on any atom is 0.330 e. The zero-order chi connectivity index (χ0) is 20.4. The predicted octanol–water partition coefficient (Wildman–Crippen LogP) is 1.62. The van der Waals surface area contributed by atoms with Crippen LogP contribution in [0.3, 0.4) is 0 Å². The fraction of sp³-hybridized carbons (Fsp3) is 0.476. The molecule has 8 nitrogen and oxygen atoms in total. The van der Waals surface area contributed by atoms with E-state index in [-0.39, 0.29) is 30.0 Å². The van der Waals surface area contributed by atoms with Gasteiger partial charge in [-0.1, -0.05) is 43.2 Å². The van der Waals surface area contributed by atoms with E-state index in [1.807, 2.05) is 30.3 Å². The summed E-state index contributed by atoms with van der Waals surface area (Å²) in [6, 6.07) is 9.27. The molecule has 2 aromatic rings. The third-order valence-corrected chi connectivity index (χ3v) is 5.77. The molecule has 154 valence electrons. The second-order valence-corrected chi connectivity index (χ2v) is 7.71. The van der Waals surface area contributed by atoms with Crippen molar-refractivity contribution in [2.45, 2.75) is 57.2 Å². The van der Waals surface area contributed by atoms with Crippen LogP contribution in [0.5, 0.6) is 0 Å². The van der Waals surface area contributed by atoms with Gasteiger partial charge in [-0.15, -0.1) is 0 Å². The number of nitrogens with one attached hydrogen (secondary N) is 1. The molecule has 1 aromatic heterocycles. The van der Waals surface area contributed by atoms with E-state index in [0.29, 0.717) is 13.0 Å². The number of carbonyl (C=O) groups is 1. The normalized spacial score (nSPS) is 19.5. The summed E-state index contributed by atoms with van der Waals surface area (Å²) >= 11 is 0. The number of nitrogens with zero attached hydrogens (tertiary/aromatic N) is 2. The van der Waals surface area contributed by atoms with Crippen LogP contribution >= 0.6 is 0 Å². The summed E-state index contributed by atoms with van der Waals surface area (Å²) in [5.74, 6) is -0.225. The standard InChI is InChI=1S/C21H26N4O4/c22-18-17(19(26)23-21(28)24(18)13-14-7-2-1-3-8-14)25(15-9-4-5-10-15)20(27)16-11-6-12-29-16/h1-3,7-8,15-16H,4-6,9-13,22H2,(H,23,26,28)/t16-/m1/s1. The van der Waals surface area contributed by atoms with E-state index in [0.717, 1.165) is 37.7 Å². The first kappa shape index (κ1) is 19.4. The van der Waals surface area contributed by atoms with Crippen LogP contribution < -0.4 is 21.9 Å². The molecule has 2 fully saturated rings. The van der Waals surface area contributed by atoms with Crippen LogP contribution in [0.4, 0.5) is 11.5 Å². The van der Waals surface area contributed by atoms with E-state index in [9.17, 15) is 14.4 Å². The number of anilines is 2. The molecule has 1 aromatic carbocycles. The van der Waals surface area contributed by atoms with E-state index in [1.54, 1.807) is 0 Å². The van der Waals surface area contributed by atoms with Gasteiger partial charge >= 0.3 is 5.69 Å². The number of nitrogens with two attached hydrogens (primary N) is 1. The summed E-state index contributed by atoms with van der Waals surface area (Å²) in [7, 11) is 0. The van der Waals surface area contributed by atoms with Crippen molar-refractivity contribution in [3.8, 4) is 0 Å². The first-order valence-corrected chi connectivity index (χ1v) is 10.2. The Balaban J connectivity index is 1.79. The van der Waals surface area contributed by atoms with Crippen LogP contribution in [0.15, 0.2) is 39.9 Å². The highest BCUT2D eigenvalue weighted by Crippen LogP contribution is 2.31. The molecule has 4 rings (SSSR count). The number of nitrogen functional groups attached to an aromatic ring is 1. The first-order chi connectivity index (χ1) is 14.1. The molecule has 1 atom stereocenters. The summed E-state index contributed by atoms with van der Waals surface area (Å²) in [6.07, 6.45) is 4.45. The number of aromatic nitrogens is 2. The lowest BCUT2D eigenvalue weighted by Gasteiger charge is -2.31. The Hall–Kier alpha value is -2.87. The lowest BCUT2D eigenvalue weighted by molar-refractivity contribution is -0.127. The largest absolute Gasteiger partial charge is 0.383 e. The molecule has 0 unspecified atom stereocenters. The second-order valence-electron chi connectivity index (χ2n) is 7.71. The van der Waals surface area contributed by atoms with Gasteiger partial charge in [0.15, 0.2) is 5.69 Å². The number of H-pyrrole nitrogens is 1. The Kier molecular flexibility index (Phi) is 5.53. The quantitative estimate of drug-likeness (QED) is 0.795. The number of rotatable bonds is 5. The van der Waals surface area contributed by atoms with Crippen molar-refractivity contribution < 1.29 is 9.53 Å². The van der Waals surface area contributed by atoms with Gasteiger partial charge in [0.05, 0.1) is 6.54 Å². The highest BCUT2D eigenvalue weighted by Gasteiger charge is 2.37. The van der Waals surface area contributed by atoms with Crippen molar-refractivity contribution in [2.75, 3.05) is 17.2 Å². The summed E-state index contributed by atoms with van der Waals surface area (Å²) in [6.45, 7) is 0.746. The highest BCUT2D eigenvalue weighted by atomic mass is 16.5. The zero-order valence-electron chi connectivity index (χ0n) is 16.3. The average Bonchev–Trinajstić information content (AvgIpc) is 3.43. The van der Waals surface area contributed by atoms with Gasteiger partial charge in [-0.05, 0) is 31.2 Å². The van der Waals surface area contributed by atoms with Gasteiger partial charge in [0.2, 0.25) is 0 Å². The average molecular weight is 398 g/mol. The maximum absolute atomic E-state index is 13.3. The molecule has 29 heavy (non-hydrogen) atoms. The second kappa shape index (κ2) is 8.24. The van der Waals surface area contributed by atoms with Gasteiger partial charge < -0.3 is 10.5 Å². The van der Waals surface area contributed by atoms with Crippen molar-refractivity contribution in [3.63, 3.8) is 0 Å². The SMILES string of the molecule is Nc1c(N(C(=O)[C@H]2CCCO2)C2CCCC2)c(=O)[nH]c(=O)n1Cc1ccccc1. The molecule has 2 heterocycles. The topological polar surface area (TPSA) is 110 Å². The lowest BCUT2D eigenvalue weighted by atomic mass is 10.1. The van der Waals surface area contributed by atoms with Crippen LogP contribution in [-0.4, -0.2) is 34.2 Å². The summed E-state index contributed by atoms with van der Waals surface area (Å²) in [5.41, 5.74) is 6.06. The summed E-state index contributed by atoms with van der Waals surface area (Å²) in [5, 5.41) is 0. The number of ether oxygens (including phenoxy) is 1. The van der Waals surface area contributed by atoms with Crippen molar-refractivity contribution in [1.82, 2.24) is 9.55 Å². The molecular weight excluding hydrogens is 372 g/mol. The third kappa shape index (κ3) is 3.85. The van der Waals surface area contributed by atoms with E-state index >= 15 is 0 Å². The van der Waals surface area contributed by atoms with Gasteiger partial charge in [0.1, 0.15) is 11.9 Å². The minimum Gasteiger partial charge on any atom is -0.383 e. The van der Waals surface area contributed by atoms with Crippen molar-refractivity contribution in [2.24, 2.45) is 0 Å². The van der Waals surface area contributed by atoms with Gasteiger partial charge in [0, 0.05) is 12.6 Å². The molecule has 0 bridgehead atoms. The van der Waals surface area contributed by atoms with Gasteiger partial charge in [-0.3, -0.25) is 24.0 Å². The number of aromatic amines is 1. The smallest absolute Gasteiger partial charge is 0.330 e. The van der Waals surface area contributed by atoms with E-state index < -0.39 is 17.4 Å². The highest BCUT2D eigenvalue weighted by molar-refractivity contribution is 5.99. The van der Waals surface area contributed by atoms with Crippen LogP contribution in [-0.2, 0) is 16.1 Å². The number of benzene rings is 1. The molecule has 0 spiro atoms. The Bertz CT molecular complexity index is 986. The molecule has 2 aliphatic rings. The Morgan fingerprint density at radius 1 is 1.14 bits per heavy atom. The molecule has 0 radical (unpaired) electrons. The van der Waals surface area contributed by atoms with E-state index in [4.69, 9.17) is 10.5 Å². The van der Waals surface area contributed by atoms with Crippen LogP contribution in [0.2, 0.25) is 0 Å². The summed E-state index contributed by atoms with van der Waals surface area (Å²) < 4.78 is 6.91. The maximum atomic E-state index is 13.3. The van der Waals surface area contributed by atoms with Gasteiger partial charge in [-0.25, -0.2) is 4.79 Å². The number of hydrogen-bond acceptors (Lipinski definition) is 5. The minimum atomic E-state index is -0.630.